The molecule has 0 atom stereocenters. The summed E-state index contributed by atoms with van der Waals surface area (Å²) in [6, 6.07) is 9.25. The fraction of sp³-hybridized carbons (Fsp3) is 0.400. The quantitative estimate of drug-likeness (QED) is 0.387. The second-order valence-electron chi connectivity index (χ2n) is 2.05. The Morgan fingerprint density at radius 2 is 1.64 bits per heavy atom. The number of benzene rings is 1. The number of hydrogen-bond donors (Lipinski definition) is 0. The normalized spacial score (nSPS) is 7.27. The number of hydrogen-bond acceptors (Lipinski definition) is 0. The van der Waals surface area contributed by atoms with Crippen LogP contribution in [-0.4, -0.2) is 0 Å². The maximum absolute atomic E-state index is 3.10. The fourth-order valence-corrected chi connectivity index (χ4v) is 0.580. The molecule has 0 unspecified atom stereocenters. The van der Waals surface area contributed by atoms with E-state index in [1.54, 1.807) is 0 Å². The standard InChI is InChI=1S/C8H9.C2H6.K/c1-7-3-5-8(2)6-4-7;1-2;/h3-5H,1-2H3;1-2H3;/q-1;;+1. The van der Waals surface area contributed by atoms with Crippen molar-refractivity contribution >= 4 is 0 Å². The molecule has 0 bridgehead atoms. The molecule has 0 aliphatic rings. The van der Waals surface area contributed by atoms with Gasteiger partial charge in [0.25, 0.3) is 0 Å². The second-order valence-corrected chi connectivity index (χ2v) is 2.05. The Bertz CT molecular complexity index is 144. The molecule has 0 heterocycles. The Morgan fingerprint density at radius 3 is 1.91 bits per heavy atom. The summed E-state index contributed by atoms with van der Waals surface area (Å²) in [6.07, 6.45) is 0. The van der Waals surface area contributed by atoms with Gasteiger partial charge in [-0.1, -0.05) is 27.7 Å². The van der Waals surface area contributed by atoms with Crippen molar-refractivity contribution < 1.29 is 51.4 Å². The topological polar surface area (TPSA) is 0 Å². The molecule has 1 heteroatoms. The van der Waals surface area contributed by atoms with Crippen molar-refractivity contribution in [1.82, 2.24) is 0 Å². The molecule has 0 fully saturated rings. The van der Waals surface area contributed by atoms with Crippen LogP contribution in [-0.2, 0) is 0 Å². The predicted octanol–water partition coefficient (Wildman–Crippen LogP) is 0.134. The van der Waals surface area contributed by atoms with Gasteiger partial charge in [0.2, 0.25) is 0 Å². The van der Waals surface area contributed by atoms with E-state index in [0.717, 1.165) is 0 Å². The van der Waals surface area contributed by atoms with Gasteiger partial charge < -0.3 is 0 Å². The van der Waals surface area contributed by atoms with Crippen molar-refractivity contribution in [3.8, 4) is 0 Å². The molecule has 0 radical (unpaired) electrons. The zero-order valence-corrected chi connectivity index (χ0v) is 11.4. The van der Waals surface area contributed by atoms with Gasteiger partial charge in [-0.15, -0.1) is 0 Å². The van der Waals surface area contributed by atoms with Crippen LogP contribution in [0.3, 0.4) is 0 Å². The molecule has 0 N–H and O–H groups in total. The summed E-state index contributed by atoms with van der Waals surface area (Å²) < 4.78 is 0. The molecule has 0 aliphatic heterocycles. The van der Waals surface area contributed by atoms with Crippen LogP contribution in [0.25, 0.3) is 0 Å². The van der Waals surface area contributed by atoms with E-state index < -0.39 is 0 Å². The van der Waals surface area contributed by atoms with Crippen molar-refractivity contribution in [2.75, 3.05) is 0 Å². The third kappa shape index (κ3) is 7.22. The molecule has 1 aromatic carbocycles. The minimum atomic E-state index is 0. The van der Waals surface area contributed by atoms with Crippen LogP contribution in [0.1, 0.15) is 25.0 Å². The molecule has 0 saturated carbocycles. The van der Waals surface area contributed by atoms with Crippen LogP contribution in [0, 0.1) is 19.9 Å². The summed E-state index contributed by atoms with van der Waals surface area (Å²) in [6.45, 7) is 8.11. The number of rotatable bonds is 0. The summed E-state index contributed by atoms with van der Waals surface area (Å²) >= 11 is 0. The zero-order chi connectivity index (χ0) is 7.98. The molecule has 0 aliphatic carbocycles. The molecule has 0 aromatic heterocycles. The second kappa shape index (κ2) is 8.95. The summed E-state index contributed by atoms with van der Waals surface area (Å²) in [4.78, 5) is 0. The van der Waals surface area contributed by atoms with E-state index >= 15 is 0 Å². The maximum Gasteiger partial charge on any atom is 1.00 e. The van der Waals surface area contributed by atoms with Crippen molar-refractivity contribution in [3.05, 3.63) is 35.4 Å². The average molecular weight is 174 g/mol. The Hall–Kier alpha value is 0.856. The van der Waals surface area contributed by atoms with Gasteiger partial charge in [0.15, 0.2) is 0 Å². The van der Waals surface area contributed by atoms with Crippen LogP contribution in [0.5, 0.6) is 0 Å². The molecular weight excluding hydrogens is 159 g/mol. The van der Waals surface area contributed by atoms with Gasteiger partial charge in [0.05, 0.1) is 0 Å². The van der Waals surface area contributed by atoms with Crippen LogP contribution in [0.2, 0.25) is 0 Å². The smallest absolute Gasteiger partial charge is 0.180 e. The Balaban J connectivity index is 0. The first-order valence-corrected chi connectivity index (χ1v) is 3.74. The SMILES string of the molecule is CC.Cc1[c-]cc(C)cc1.[K+]. The largest absolute Gasteiger partial charge is 1.00 e. The minimum Gasteiger partial charge on any atom is -0.180 e. The molecule has 0 nitrogen and oxygen atoms in total. The minimum absolute atomic E-state index is 0. The van der Waals surface area contributed by atoms with Crippen molar-refractivity contribution in [3.63, 3.8) is 0 Å². The summed E-state index contributed by atoms with van der Waals surface area (Å²) in [5.41, 5.74) is 2.48. The van der Waals surface area contributed by atoms with Gasteiger partial charge >= 0.3 is 51.4 Å². The Labute approximate surface area is 113 Å². The third-order valence-corrected chi connectivity index (χ3v) is 1.12. The molecule has 0 spiro atoms. The first-order chi connectivity index (χ1) is 4.79. The maximum atomic E-state index is 3.10. The first-order valence-electron chi connectivity index (χ1n) is 3.74. The van der Waals surface area contributed by atoms with Crippen molar-refractivity contribution in [2.45, 2.75) is 27.7 Å². The van der Waals surface area contributed by atoms with E-state index in [1.807, 2.05) is 26.8 Å². The molecule has 1 aromatic rings. The summed E-state index contributed by atoms with van der Waals surface area (Å²) in [5, 5.41) is 0. The average Bonchev–Trinajstić information content (AvgIpc) is 2.00. The van der Waals surface area contributed by atoms with E-state index in [1.165, 1.54) is 11.1 Å². The van der Waals surface area contributed by atoms with Crippen molar-refractivity contribution in [2.24, 2.45) is 0 Å². The van der Waals surface area contributed by atoms with Gasteiger partial charge in [0.1, 0.15) is 0 Å². The van der Waals surface area contributed by atoms with E-state index in [2.05, 4.69) is 25.1 Å². The molecule has 0 saturated heterocycles. The number of aryl methyl sites for hydroxylation is 2. The molecule has 56 valence electrons. The van der Waals surface area contributed by atoms with E-state index in [4.69, 9.17) is 0 Å². The first kappa shape index (κ1) is 14.4. The third-order valence-electron chi connectivity index (χ3n) is 1.12. The Morgan fingerprint density at radius 1 is 1.09 bits per heavy atom. The van der Waals surface area contributed by atoms with Crippen LogP contribution in [0.4, 0.5) is 0 Å². The van der Waals surface area contributed by atoms with Gasteiger partial charge in [0, 0.05) is 0 Å². The molecule has 0 amide bonds. The van der Waals surface area contributed by atoms with Gasteiger partial charge in [-0.2, -0.15) is 35.4 Å². The van der Waals surface area contributed by atoms with Crippen molar-refractivity contribution in [1.29, 1.82) is 0 Å². The molecule has 11 heavy (non-hydrogen) atoms. The van der Waals surface area contributed by atoms with Gasteiger partial charge in [-0.05, 0) is 0 Å². The van der Waals surface area contributed by atoms with Crippen LogP contribution >= 0.6 is 0 Å². The van der Waals surface area contributed by atoms with E-state index in [0.29, 0.717) is 0 Å². The van der Waals surface area contributed by atoms with E-state index in [9.17, 15) is 0 Å². The summed E-state index contributed by atoms with van der Waals surface area (Å²) in [5.74, 6) is 0. The molecular formula is C10H15K. The van der Waals surface area contributed by atoms with Gasteiger partial charge in [-0.3, -0.25) is 0 Å². The monoisotopic (exact) mass is 174 g/mol. The predicted molar refractivity (Wildman–Crippen MR) is 46.1 cm³/mol. The fourth-order valence-electron chi connectivity index (χ4n) is 0.580. The summed E-state index contributed by atoms with van der Waals surface area (Å²) in [7, 11) is 0. The van der Waals surface area contributed by atoms with Crippen LogP contribution in [0.15, 0.2) is 18.2 Å². The zero-order valence-electron chi connectivity index (χ0n) is 8.23. The van der Waals surface area contributed by atoms with Crippen LogP contribution < -0.4 is 51.4 Å². The Kier molecular flexibility index (Phi) is 11.7. The molecule has 1 rings (SSSR count). The van der Waals surface area contributed by atoms with Gasteiger partial charge in [-0.25, -0.2) is 0 Å². The van der Waals surface area contributed by atoms with E-state index in [-0.39, 0.29) is 51.4 Å².